The summed E-state index contributed by atoms with van der Waals surface area (Å²) in [5, 5.41) is 5.84. The van der Waals surface area contributed by atoms with Gasteiger partial charge in [0.25, 0.3) is 0 Å². The standard InChI is InChI=1S/C11H17N3O/c1-3-4-8-12-10-6-5-7-11(14-10)13-9(2)15/h5-7H,3-4,8H2,1-2H3,(H2,12,13,14,15). The van der Waals surface area contributed by atoms with Crippen molar-refractivity contribution in [1.82, 2.24) is 4.98 Å². The Hall–Kier alpha value is -1.58. The number of carbonyl (C=O) groups is 1. The van der Waals surface area contributed by atoms with E-state index < -0.39 is 0 Å². The molecule has 1 heterocycles. The van der Waals surface area contributed by atoms with Crippen molar-refractivity contribution >= 4 is 17.5 Å². The first-order valence-corrected chi connectivity index (χ1v) is 5.21. The molecule has 1 aromatic heterocycles. The third-order valence-corrected chi connectivity index (χ3v) is 1.89. The van der Waals surface area contributed by atoms with Crippen molar-refractivity contribution in [2.75, 3.05) is 17.2 Å². The number of rotatable bonds is 5. The average Bonchev–Trinajstić information content (AvgIpc) is 2.18. The van der Waals surface area contributed by atoms with Gasteiger partial charge < -0.3 is 10.6 Å². The molecular formula is C11H17N3O. The van der Waals surface area contributed by atoms with Crippen LogP contribution in [-0.2, 0) is 4.79 Å². The Morgan fingerprint density at radius 2 is 2.13 bits per heavy atom. The minimum Gasteiger partial charge on any atom is -0.370 e. The molecule has 0 unspecified atom stereocenters. The van der Waals surface area contributed by atoms with E-state index >= 15 is 0 Å². The summed E-state index contributed by atoms with van der Waals surface area (Å²) in [4.78, 5) is 15.1. The number of pyridine rings is 1. The van der Waals surface area contributed by atoms with E-state index in [0.717, 1.165) is 25.2 Å². The molecule has 4 nitrogen and oxygen atoms in total. The lowest BCUT2D eigenvalue weighted by Crippen LogP contribution is -2.09. The van der Waals surface area contributed by atoms with E-state index in [2.05, 4.69) is 22.5 Å². The summed E-state index contributed by atoms with van der Waals surface area (Å²) >= 11 is 0. The van der Waals surface area contributed by atoms with Crippen LogP contribution in [0.2, 0.25) is 0 Å². The Balaban J connectivity index is 2.53. The Kier molecular flexibility index (Phi) is 4.60. The smallest absolute Gasteiger partial charge is 0.222 e. The maximum atomic E-state index is 10.8. The van der Waals surface area contributed by atoms with Gasteiger partial charge in [-0.3, -0.25) is 4.79 Å². The van der Waals surface area contributed by atoms with Gasteiger partial charge >= 0.3 is 0 Å². The molecular weight excluding hydrogens is 190 g/mol. The summed E-state index contributed by atoms with van der Waals surface area (Å²) in [5.74, 6) is 1.28. The van der Waals surface area contributed by atoms with Crippen LogP contribution in [0, 0.1) is 0 Å². The normalized spacial score (nSPS) is 9.73. The van der Waals surface area contributed by atoms with Crippen molar-refractivity contribution in [3.8, 4) is 0 Å². The van der Waals surface area contributed by atoms with Crippen LogP contribution in [0.5, 0.6) is 0 Å². The van der Waals surface area contributed by atoms with Crippen LogP contribution < -0.4 is 10.6 Å². The van der Waals surface area contributed by atoms with E-state index in [4.69, 9.17) is 0 Å². The van der Waals surface area contributed by atoms with Gasteiger partial charge in [-0.25, -0.2) is 4.98 Å². The van der Waals surface area contributed by atoms with E-state index in [0.29, 0.717) is 5.82 Å². The monoisotopic (exact) mass is 207 g/mol. The van der Waals surface area contributed by atoms with Gasteiger partial charge in [-0.15, -0.1) is 0 Å². The van der Waals surface area contributed by atoms with Crippen molar-refractivity contribution in [3.05, 3.63) is 18.2 Å². The van der Waals surface area contributed by atoms with Gasteiger partial charge in [0, 0.05) is 13.5 Å². The fourth-order valence-electron chi connectivity index (χ4n) is 1.18. The molecule has 0 aliphatic rings. The second-order valence-corrected chi connectivity index (χ2v) is 3.37. The van der Waals surface area contributed by atoms with Gasteiger partial charge in [-0.1, -0.05) is 19.4 Å². The third-order valence-electron chi connectivity index (χ3n) is 1.89. The molecule has 0 radical (unpaired) electrons. The molecule has 0 aromatic carbocycles. The number of hydrogen-bond donors (Lipinski definition) is 2. The molecule has 1 amide bonds. The second-order valence-electron chi connectivity index (χ2n) is 3.37. The molecule has 0 saturated heterocycles. The highest BCUT2D eigenvalue weighted by atomic mass is 16.1. The Bertz CT molecular complexity index is 325. The van der Waals surface area contributed by atoms with Crippen molar-refractivity contribution in [2.24, 2.45) is 0 Å². The van der Waals surface area contributed by atoms with Gasteiger partial charge in [0.1, 0.15) is 11.6 Å². The van der Waals surface area contributed by atoms with E-state index in [1.54, 1.807) is 6.07 Å². The molecule has 0 fully saturated rings. The Morgan fingerprint density at radius 1 is 1.40 bits per heavy atom. The lowest BCUT2D eigenvalue weighted by molar-refractivity contribution is -0.114. The van der Waals surface area contributed by atoms with Gasteiger partial charge in [0.05, 0.1) is 0 Å². The van der Waals surface area contributed by atoms with Crippen LogP contribution in [-0.4, -0.2) is 17.4 Å². The van der Waals surface area contributed by atoms with E-state index in [1.165, 1.54) is 6.92 Å². The number of nitrogens with zero attached hydrogens (tertiary/aromatic N) is 1. The van der Waals surface area contributed by atoms with Crippen molar-refractivity contribution in [1.29, 1.82) is 0 Å². The number of hydrogen-bond acceptors (Lipinski definition) is 3. The number of carbonyl (C=O) groups excluding carboxylic acids is 1. The summed E-state index contributed by atoms with van der Waals surface area (Å²) in [6.45, 7) is 4.52. The van der Waals surface area contributed by atoms with Crippen LogP contribution in [0.4, 0.5) is 11.6 Å². The molecule has 1 rings (SSSR count). The summed E-state index contributed by atoms with van der Waals surface area (Å²) in [7, 11) is 0. The fraction of sp³-hybridized carbons (Fsp3) is 0.455. The van der Waals surface area contributed by atoms with Crippen molar-refractivity contribution in [3.63, 3.8) is 0 Å². The van der Waals surface area contributed by atoms with Crippen molar-refractivity contribution in [2.45, 2.75) is 26.7 Å². The Morgan fingerprint density at radius 3 is 2.80 bits per heavy atom. The lowest BCUT2D eigenvalue weighted by atomic mass is 10.3. The zero-order valence-electron chi connectivity index (χ0n) is 9.21. The molecule has 0 spiro atoms. The molecule has 1 aromatic rings. The summed E-state index contributed by atoms with van der Waals surface area (Å²) in [6, 6.07) is 5.53. The minimum absolute atomic E-state index is 0.104. The molecule has 0 saturated carbocycles. The molecule has 2 N–H and O–H groups in total. The molecule has 0 aliphatic heterocycles. The van der Waals surface area contributed by atoms with Gasteiger partial charge in [0.2, 0.25) is 5.91 Å². The molecule has 82 valence electrons. The number of anilines is 2. The highest BCUT2D eigenvalue weighted by molar-refractivity contribution is 5.87. The molecule has 4 heteroatoms. The first-order valence-electron chi connectivity index (χ1n) is 5.21. The van der Waals surface area contributed by atoms with Gasteiger partial charge in [-0.2, -0.15) is 0 Å². The minimum atomic E-state index is -0.104. The largest absolute Gasteiger partial charge is 0.370 e. The second kappa shape index (κ2) is 6.01. The van der Waals surface area contributed by atoms with E-state index in [1.807, 2.05) is 12.1 Å². The topological polar surface area (TPSA) is 54.0 Å². The van der Waals surface area contributed by atoms with Crippen LogP contribution in [0.3, 0.4) is 0 Å². The molecule has 0 aliphatic carbocycles. The molecule has 15 heavy (non-hydrogen) atoms. The number of nitrogens with one attached hydrogen (secondary N) is 2. The predicted molar refractivity (Wildman–Crippen MR) is 61.9 cm³/mol. The zero-order chi connectivity index (χ0) is 11.1. The number of aromatic nitrogens is 1. The lowest BCUT2D eigenvalue weighted by Gasteiger charge is -2.06. The highest BCUT2D eigenvalue weighted by Crippen LogP contribution is 2.08. The summed E-state index contributed by atoms with van der Waals surface area (Å²) in [6.07, 6.45) is 2.27. The summed E-state index contributed by atoms with van der Waals surface area (Å²) < 4.78 is 0. The first kappa shape index (κ1) is 11.5. The van der Waals surface area contributed by atoms with Crippen LogP contribution >= 0.6 is 0 Å². The highest BCUT2D eigenvalue weighted by Gasteiger charge is 1.98. The van der Waals surface area contributed by atoms with E-state index in [-0.39, 0.29) is 5.91 Å². The van der Waals surface area contributed by atoms with Crippen molar-refractivity contribution < 1.29 is 4.79 Å². The van der Waals surface area contributed by atoms with E-state index in [9.17, 15) is 4.79 Å². The number of amides is 1. The quantitative estimate of drug-likeness (QED) is 0.728. The van der Waals surface area contributed by atoms with Crippen LogP contribution in [0.1, 0.15) is 26.7 Å². The molecule has 0 atom stereocenters. The average molecular weight is 207 g/mol. The van der Waals surface area contributed by atoms with Gasteiger partial charge in [0.15, 0.2) is 0 Å². The fourth-order valence-corrected chi connectivity index (χ4v) is 1.18. The SMILES string of the molecule is CCCCNc1cccc(NC(C)=O)n1. The predicted octanol–water partition coefficient (Wildman–Crippen LogP) is 2.25. The molecule has 0 bridgehead atoms. The third kappa shape index (κ3) is 4.44. The maximum absolute atomic E-state index is 10.8. The zero-order valence-corrected chi connectivity index (χ0v) is 9.21. The number of unbranched alkanes of at least 4 members (excludes halogenated alkanes) is 1. The van der Waals surface area contributed by atoms with Gasteiger partial charge in [-0.05, 0) is 18.6 Å². The first-order chi connectivity index (χ1) is 7.22. The van der Waals surface area contributed by atoms with Crippen LogP contribution in [0.15, 0.2) is 18.2 Å². The summed E-state index contributed by atoms with van der Waals surface area (Å²) in [5.41, 5.74) is 0. The van der Waals surface area contributed by atoms with Crippen LogP contribution in [0.25, 0.3) is 0 Å². The Labute approximate surface area is 90.1 Å². The maximum Gasteiger partial charge on any atom is 0.222 e.